The molecule has 4 nitrogen and oxygen atoms in total. The molecule has 0 aromatic carbocycles. The summed E-state index contributed by atoms with van der Waals surface area (Å²) in [5.74, 6) is 1.92. The van der Waals surface area contributed by atoms with Crippen LogP contribution in [0.5, 0.6) is 0 Å². The van der Waals surface area contributed by atoms with Gasteiger partial charge in [-0.15, -0.1) is 0 Å². The molecule has 4 heteroatoms. The van der Waals surface area contributed by atoms with Gasteiger partial charge in [-0.1, -0.05) is 0 Å². The largest absolute Gasteiger partial charge is 0.468 e. The fourth-order valence-electron chi connectivity index (χ4n) is 1.59. The Hall–Kier alpha value is -1.52. The lowest BCUT2D eigenvalue weighted by Gasteiger charge is -2.13. The molecule has 0 aliphatic carbocycles. The third kappa shape index (κ3) is 4.09. The van der Waals surface area contributed by atoms with Crippen LogP contribution in [0.4, 0.5) is 0 Å². The summed E-state index contributed by atoms with van der Waals surface area (Å²) in [4.78, 5) is 0. The van der Waals surface area contributed by atoms with Crippen LogP contribution in [-0.2, 0) is 13.1 Å². The summed E-state index contributed by atoms with van der Waals surface area (Å²) in [6, 6.07) is 8.12. The van der Waals surface area contributed by atoms with Gasteiger partial charge in [-0.2, -0.15) is 0 Å². The minimum Gasteiger partial charge on any atom is -0.468 e. The highest BCUT2D eigenvalue weighted by molar-refractivity contribution is 4.98. The Morgan fingerprint density at radius 1 is 1.06 bits per heavy atom. The number of furan rings is 2. The molecule has 0 spiro atoms. The molecule has 92 valence electrons. The summed E-state index contributed by atoms with van der Waals surface area (Å²) in [6.07, 6.45) is 3.38. The Bertz CT molecular complexity index is 395. The number of hydrogen-bond donors (Lipinski definition) is 2. The summed E-state index contributed by atoms with van der Waals surface area (Å²) < 4.78 is 10.5. The van der Waals surface area contributed by atoms with Crippen LogP contribution in [0.15, 0.2) is 45.6 Å². The normalized spacial score (nSPS) is 12.8. The third-order valence-electron chi connectivity index (χ3n) is 2.53. The molecule has 0 amide bonds. The van der Waals surface area contributed by atoms with Crippen LogP contribution in [0.3, 0.4) is 0 Å². The van der Waals surface area contributed by atoms with Gasteiger partial charge in [0.05, 0.1) is 25.6 Å². The molecule has 0 fully saturated rings. The van der Waals surface area contributed by atoms with Gasteiger partial charge in [-0.3, -0.25) is 0 Å². The Kier molecular flexibility index (Phi) is 4.41. The first-order valence-corrected chi connectivity index (χ1v) is 5.83. The quantitative estimate of drug-likeness (QED) is 0.770. The maximum atomic E-state index is 5.25. The van der Waals surface area contributed by atoms with Crippen LogP contribution in [-0.4, -0.2) is 12.6 Å². The molecule has 0 bridgehead atoms. The smallest absolute Gasteiger partial charge is 0.117 e. The summed E-state index contributed by atoms with van der Waals surface area (Å²) >= 11 is 0. The molecule has 2 heterocycles. The molecule has 1 atom stereocenters. The SMILES string of the molecule is CC(CNCc1ccco1)NCc1ccco1. The van der Waals surface area contributed by atoms with Gasteiger partial charge in [0.25, 0.3) is 0 Å². The molecule has 0 saturated carbocycles. The van der Waals surface area contributed by atoms with Gasteiger partial charge in [-0.25, -0.2) is 0 Å². The van der Waals surface area contributed by atoms with Crippen molar-refractivity contribution < 1.29 is 8.83 Å². The van der Waals surface area contributed by atoms with E-state index in [0.29, 0.717) is 6.04 Å². The number of hydrogen-bond acceptors (Lipinski definition) is 4. The van der Waals surface area contributed by atoms with Crippen LogP contribution in [0.1, 0.15) is 18.4 Å². The molecule has 0 aliphatic rings. The lowest BCUT2D eigenvalue weighted by atomic mass is 10.3. The molecule has 0 radical (unpaired) electrons. The predicted molar refractivity (Wildman–Crippen MR) is 65.4 cm³/mol. The van der Waals surface area contributed by atoms with Crippen LogP contribution in [0.25, 0.3) is 0 Å². The van der Waals surface area contributed by atoms with Gasteiger partial charge in [0.2, 0.25) is 0 Å². The van der Waals surface area contributed by atoms with Gasteiger partial charge in [-0.05, 0) is 31.2 Å². The van der Waals surface area contributed by atoms with Gasteiger partial charge >= 0.3 is 0 Å². The van der Waals surface area contributed by atoms with Gasteiger partial charge in [0, 0.05) is 12.6 Å². The van der Waals surface area contributed by atoms with Crippen molar-refractivity contribution >= 4 is 0 Å². The zero-order valence-corrected chi connectivity index (χ0v) is 9.98. The minimum atomic E-state index is 0.384. The topological polar surface area (TPSA) is 50.3 Å². The number of nitrogens with one attached hydrogen (secondary N) is 2. The van der Waals surface area contributed by atoms with E-state index in [2.05, 4.69) is 17.6 Å². The van der Waals surface area contributed by atoms with E-state index in [1.54, 1.807) is 12.5 Å². The second-order valence-corrected chi connectivity index (χ2v) is 4.07. The van der Waals surface area contributed by atoms with Gasteiger partial charge < -0.3 is 19.5 Å². The van der Waals surface area contributed by atoms with Crippen molar-refractivity contribution in [2.45, 2.75) is 26.1 Å². The lowest BCUT2D eigenvalue weighted by molar-refractivity contribution is 0.428. The van der Waals surface area contributed by atoms with Crippen molar-refractivity contribution in [1.29, 1.82) is 0 Å². The van der Waals surface area contributed by atoms with E-state index in [0.717, 1.165) is 31.2 Å². The molecule has 17 heavy (non-hydrogen) atoms. The van der Waals surface area contributed by atoms with E-state index in [9.17, 15) is 0 Å². The van der Waals surface area contributed by atoms with E-state index in [-0.39, 0.29) is 0 Å². The van der Waals surface area contributed by atoms with Gasteiger partial charge in [0.1, 0.15) is 11.5 Å². The van der Waals surface area contributed by atoms with Crippen molar-refractivity contribution in [2.75, 3.05) is 6.54 Å². The molecule has 2 aromatic heterocycles. The van der Waals surface area contributed by atoms with Crippen molar-refractivity contribution in [3.8, 4) is 0 Å². The Morgan fingerprint density at radius 3 is 2.29 bits per heavy atom. The molecule has 1 unspecified atom stereocenters. The first-order chi connectivity index (χ1) is 8.34. The highest BCUT2D eigenvalue weighted by atomic mass is 16.3. The van der Waals surface area contributed by atoms with Gasteiger partial charge in [0.15, 0.2) is 0 Å². The summed E-state index contributed by atoms with van der Waals surface area (Å²) in [7, 11) is 0. The average Bonchev–Trinajstić information content (AvgIpc) is 2.99. The minimum absolute atomic E-state index is 0.384. The second-order valence-electron chi connectivity index (χ2n) is 4.07. The van der Waals surface area contributed by atoms with Crippen LogP contribution in [0, 0.1) is 0 Å². The Balaban J connectivity index is 1.59. The number of rotatable bonds is 7. The van der Waals surface area contributed by atoms with Crippen molar-refractivity contribution in [3.63, 3.8) is 0 Å². The van der Waals surface area contributed by atoms with Crippen LogP contribution < -0.4 is 10.6 Å². The molecule has 2 rings (SSSR count). The third-order valence-corrected chi connectivity index (χ3v) is 2.53. The van der Waals surface area contributed by atoms with E-state index >= 15 is 0 Å². The molecular weight excluding hydrogens is 216 g/mol. The average molecular weight is 234 g/mol. The molecule has 0 aliphatic heterocycles. The summed E-state index contributed by atoms with van der Waals surface area (Å²) in [6.45, 7) is 4.55. The van der Waals surface area contributed by atoms with Crippen molar-refractivity contribution in [2.24, 2.45) is 0 Å². The van der Waals surface area contributed by atoms with Crippen LogP contribution in [0.2, 0.25) is 0 Å². The summed E-state index contributed by atoms with van der Waals surface area (Å²) in [5.41, 5.74) is 0. The Labute approximate surface area is 101 Å². The molecular formula is C13H18N2O2. The highest BCUT2D eigenvalue weighted by Gasteiger charge is 2.03. The molecule has 0 saturated heterocycles. The highest BCUT2D eigenvalue weighted by Crippen LogP contribution is 2.00. The van der Waals surface area contributed by atoms with Crippen molar-refractivity contribution in [1.82, 2.24) is 10.6 Å². The van der Waals surface area contributed by atoms with E-state index in [4.69, 9.17) is 8.83 Å². The Morgan fingerprint density at radius 2 is 1.71 bits per heavy atom. The first-order valence-electron chi connectivity index (χ1n) is 5.83. The van der Waals surface area contributed by atoms with E-state index in [1.165, 1.54) is 0 Å². The van der Waals surface area contributed by atoms with E-state index < -0.39 is 0 Å². The molecule has 2 N–H and O–H groups in total. The van der Waals surface area contributed by atoms with E-state index in [1.807, 2.05) is 24.3 Å². The fraction of sp³-hybridized carbons (Fsp3) is 0.385. The monoisotopic (exact) mass is 234 g/mol. The zero-order chi connectivity index (χ0) is 11.9. The van der Waals surface area contributed by atoms with Crippen molar-refractivity contribution in [3.05, 3.63) is 48.3 Å². The predicted octanol–water partition coefficient (Wildman–Crippen LogP) is 2.14. The molecule has 2 aromatic rings. The standard InChI is InChI=1S/C13H18N2O2/c1-11(15-10-13-5-3-7-17-13)8-14-9-12-4-2-6-16-12/h2-7,11,14-15H,8-10H2,1H3. The maximum Gasteiger partial charge on any atom is 0.117 e. The fourth-order valence-corrected chi connectivity index (χ4v) is 1.59. The van der Waals surface area contributed by atoms with Crippen LogP contribution >= 0.6 is 0 Å². The maximum absolute atomic E-state index is 5.25. The summed E-state index contributed by atoms with van der Waals surface area (Å²) in [5, 5.41) is 6.71. The second kappa shape index (κ2) is 6.27. The zero-order valence-electron chi connectivity index (χ0n) is 9.98. The first kappa shape index (κ1) is 12.0. The lowest BCUT2D eigenvalue weighted by Crippen LogP contribution is -2.35.